The molecule has 0 aromatic carbocycles. The summed E-state index contributed by atoms with van der Waals surface area (Å²) in [5.74, 6) is -1.73. The predicted molar refractivity (Wildman–Crippen MR) is 48.1 cm³/mol. The third-order valence-corrected chi connectivity index (χ3v) is 1.51. The Balaban J connectivity index is -0.000000720. The third-order valence-electron chi connectivity index (χ3n) is 1.51. The van der Waals surface area contributed by atoms with Crippen molar-refractivity contribution in [1.82, 2.24) is 0 Å². The first-order chi connectivity index (χ1) is 5.91. The van der Waals surface area contributed by atoms with Crippen LogP contribution in [0.15, 0.2) is 0 Å². The maximum atomic E-state index is 10.1. The molecule has 0 aromatic rings. The number of rotatable bonds is 5. The van der Waals surface area contributed by atoms with Gasteiger partial charge in [-0.05, 0) is 0 Å². The van der Waals surface area contributed by atoms with Crippen molar-refractivity contribution < 1.29 is 40.9 Å². The van der Waals surface area contributed by atoms with Gasteiger partial charge >= 0.3 is 5.97 Å². The van der Waals surface area contributed by atoms with Gasteiger partial charge in [-0.25, -0.2) is 4.79 Å². The molecule has 4 atom stereocenters. The van der Waals surface area contributed by atoms with Crippen LogP contribution >= 0.6 is 0 Å². The van der Waals surface area contributed by atoms with E-state index in [9.17, 15) is 4.79 Å². The first-order valence-electron chi connectivity index (χ1n) is 3.47. The minimum Gasteiger partial charge on any atom is -0.479 e. The zero-order valence-electron chi connectivity index (χ0n) is 8.11. The van der Waals surface area contributed by atoms with Crippen LogP contribution in [-0.4, -0.2) is 124 Å². The van der Waals surface area contributed by atoms with Gasteiger partial charge in [0.25, 0.3) is 0 Å². The van der Waals surface area contributed by atoms with Crippen molar-refractivity contribution in [2.75, 3.05) is 6.61 Å². The Morgan fingerprint density at radius 2 is 1.47 bits per heavy atom. The number of aliphatic hydroxyl groups is 5. The second kappa shape index (κ2) is 10.0. The Hall–Kier alpha value is 0.866. The molecule has 0 fully saturated rings. The minimum absolute atomic E-state index is 0. The van der Waals surface area contributed by atoms with Gasteiger partial charge in [-0.3, -0.25) is 0 Å². The summed E-state index contributed by atoms with van der Waals surface area (Å²) in [5, 5.41) is 51.8. The van der Waals surface area contributed by atoms with Gasteiger partial charge in [0.1, 0.15) is 18.3 Å². The third kappa shape index (κ3) is 6.91. The standard InChI is InChI=1S/C6H12O7.K.H2O/c7-1-2(8)3(9)4(10)5(11)6(12)13;;/h2-5,7-11H,1H2,(H,12,13);;1H2/t2-,3-,4+,5-;;/m1../s1. The number of carboxylic acid groups (broad SMARTS) is 1. The van der Waals surface area contributed by atoms with E-state index in [2.05, 4.69) is 0 Å². The van der Waals surface area contributed by atoms with E-state index in [1.807, 2.05) is 0 Å². The van der Waals surface area contributed by atoms with Gasteiger partial charge < -0.3 is 36.1 Å². The van der Waals surface area contributed by atoms with Crippen LogP contribution in [-0.2, 0) is 4.79 Å². The normalized spacial score (nSPS) is 17.7. The molecule has 0 bridgehead atoms. The Morgan fingerprint density at radius 1 is 1.07 bits per heavy atom. The monoisotopic (exact) mass is 253 g/mol. The molecule has 8 nitrogen and oxygen atoms in total. The van der Waals surface area contributed by atoms with Crippen LogP contribution in [0, 0.1) is 0 Å². The molecule has 0 aliphatic carbocycles. The number of aliphatic carboxylic acids is 1. The quantitative estimate of drug-likeness (QED) is 0.267. The smallest absolute Gasteiger partial charge is 0.335 e. The molecule has 0 saturated heterocycles. The SMILES string of the molecule is O.O=C(O)[C@H](O)[C@@H](O)[C@H](O)[C@H](O)CO.[K]. The van der Waals surface area contributed by atoms with E-state index in [4.69, 9.17) is 30.6 Å². The molecular weight excluding hydrogens is 239 g/mol. The molecule has 0 aliphatic rings. The molecule has 0 aromatic heterocycles. The fourth-order valence-corrected chi connectivity index (χ4v) is 0.668. The van der Waals surface area contributed by atoms with Crippen molar-refractivity contribution in [2.24, 2.45) is 0 Å². The Morgan fingerprint density at radius 3 is 1.73 bits per heavy atom. The predicted octanol–water partition coefficient (Wildman–Crippen LogP) is -4.70. The van der Waals surface area contributed by atoms with Crippen molar-refractivity contribution in [3.63, 3.8) is 0 Å². The second-order valence-corrected chi connectivity index (χ2v) is 2.51. The van der Waals surface area contributed by atoms with E-state index < -0.39 is 37.0 Å². The fourth-order valence-electron chi connectivity index (χ4n) is 0.668. The molecule has 0 spiro atoms. The summed E-state index contributed by atoms with van der Waals surface area (Å²) < 4.78 is 0. The average Bonchev–Trinajstić information content (AvgIpc) is 2.12. The van der Waals surface area contributed by atoms with Crippen LogP contribution < -0.4 is 0 Å². The van der Waals surface area contributed by atoms with Crippen LogP contribution in [0.5, 0.6) is 0 Å². The van der Waals surface area contributed by atoms with E-state index in [1.54, 1.807) is 0 Å². The summed E-state index contributed by atoms with van der Waals surface area (Å²) in [7, 11) is 0. The largest absolute Gasteiger partial charge is 0.479 e. The zero-order chi connectivity index (χ0) is 10.6. The summed E-state index contributed by atoms with van der Waals surface area (Å²) in [4.78, 5) is 10.1. The van der Waals surface area contributed by atoms with Gasteiger partial charge in [-0.15, -0.1) is 0 Å². The molecule has 1 radical (unpaired) electrons. The summed E-state index contributed by atoms with van der Waals surface area (Å²) >= 11 is 0. The molecule has 0 heterocycles. The molecule has 0 unspecified atom stereocenters. The number of carboxylic acids is 1. The van der Waals surface area contributed by atoms with Crippen molar-refractivity contribution in [1.29, 1.82) is 0 Å². The number of hydrogen-bond acceptors (Lipinski definition) is 6. The summed E-state index contributed by atoms with van der Waals surface area (Å²) in [6.45, 7) is -0.843. The second-order valence-electron chi connectivity index (χ2n) is 2.51. The van der Waals surface area contributed by atoms with E-state index >= 15 is 0 Å². The fraction of sp³-hybridized carbons (Fsp3) is 0.833. The first kappa shape index (κ1) is 21.2. The summed E-state index contributed by atoms with van der Waals surface area (Å²) in [6, 6.07) is 0. The number of carbonyl (C=O) groups is 1. The summed E-state index contributed by atoms with van der Waals surface area (Å²) in [5.41, 5.74) is 0. The maximum absolute atomic E-state index is 10.1. The van der Waals surface area contributed by atoms with Gasteiger partial charge in [0.2, 0.25) is 0 Å². The van der Waals surface area contributed by atoms with Crippen molar-refractivity contribution in [3.05, 3.63) is 0 Å². The van der Waals surface area contributed by atoms with Crippen molar-refractivity contribution >= 4 is 57.4 Å². The van der Waals surface area contributed by atoms with Crippen LogP contribution in [0.4, 0.5) is 0 Å². The zero-order valence-corrected chi connectivity index (χ0v) is 11.2. The molecule has 0 rings (SSSR count). The van der Waals surface area contributed by atoms with Gasteiger partial charge in [-0.2, -0.15) is 0 Å². The molecule has 0 amide bonds. The summed E-state index contributed by atoms with van der Waals surface area (Å²) in [6.07, 6.45) is -7.84. The average molecular weight is 253 g/mol. The first-order valence-corrected chi connectivity index (χ1v) is 3.47. The molecule has 0 saturated carbocycles. The van der Waals surface area contributed by atoms with Crippen molar-refractivity contribution in [2.45, 2.75) is 24.4 Å². The van der Waals surface area contributed by atoms with Crippen molar-refractivity contribution in [3.8, 4) is 0 Å². The molecule has 15 heavy (non-hydrogen) atoms. The van der Waals surface area contributed by atoms with Gasteiger partial charge in [0.15, 0.2) is 6.10 Å². The Kier molecular flexibility index (Phi) is 14.2. The minimum atomic E-state index is -2.20. The molecular formula is C6H14KO8. The molecule has 8 N–H and O–H groups in total. The van der Waals surface area contributed by atoms with E-state index in [1.165, 1.54) is 0 Å². The molecule has 9 heteroatoms. The van der Waals surface area contributed by atoms with Gasteiger partial charge in [0.05, 0.1) is 6.61 Å². The van der Waals surface area contributed by atoms with Crippen LogP contribution in [0.1, 0.15) is 0 Å². The topological polar surface area (TPSA) is 170 Å². The Bertz CT molecular complexity index is 177. The number of aliphatic hydroxyl groups excluding tert-OH is 5. The van der Waals surface area contributed by atoms with Crippen LogP contribution in [0.2, 0.25) is 0 Å². The van der Waals surface area contributed by atoms with E-state index in [-0.39, 0.29) is 56.9 Å². The molecule has 87 valence electrons. The maximum Gasteiger partial charge on any atom is 0.335 e. The number of hydrogen-bond donors (Lipinski definition) is 6. The van der Waals surface area contributed by atoms with Crippen LogP contribution in [0.3, 0.4) is 0 Å². The van der Waals surface area contributed by atoms with Crippen LogP contribution in [0.25, 0.3) is 0 Å². The Labute approximate surface area is 128 Å². The molecule has 0 aliphatic heterocycles. The van der Waals surface area contributed by atoms with Gasteiger partial charge in [0, 0.05) is 51.4 Å². The van der Waals surface area contributed by atoms with Gasteiger partial charge in [-0.1, -0.05) is 0 Å². The van der Waals surface area contributed by atoms with E-state index in [0.29, 0.717) is 0 Å². The van der Waals surface area contributed by atoms with E-state index in [0.717, 1.165) is 0 Å².